The number of pyridine rings is 1. The number of hydrogen-bond acceptors (Lipinski definition) is 3. The van der Waals surface area contributed by atoms with Gasteiger partial charge in [-0.2, -0.15) is 0 Å². The second kappa shape index (κ2) is 5.16. The fourth-order valence-corrected chi connectivity index (χ4v) is 3.34. The summed E-state index contributed by atoms with van der Waals surface area (Å²) in [5.74, 6) is -1.01. The molecule has 2 aromatic rings. The number of aromatic nitrogens is 1. The summed E-state index contributed by atoms with van der Waals surface area (Å²) in [6.07, 6.45) is 3.00. The Morgan fingerprint density at radius 1 is 1.22 bits per heavy atom. The SMILES string of the molecule is O=S(=O)(Cc1cncc(Br)c1)c1ccccc1F. The maximum atomic E-state index is 13.5. The lowest BCUT2D eigenvalue weighted by Crippen LogP contribution is -2.07. The Hall–Kier alpha value is -1.27. The van der Waals surface area contributed by atoms with Crippen LogP contribution in [-0.4, -0.2) is 13.4 Å². The van der Waals surface area contributed by atoms with Crippen molar-refractivity contribution < 1.29 is 12.8 Å². The third-order valence-electron chi connectivity index (χ3n) is 2.29. The molecule has 0 saturated heterocycles. The first-order chi connectivity index (χ1) is 8.49. The van der Waals surface area contributed by atoms with Gasteiger partial charge in [0.2, 0.25) is 0 Å². The van der Waals surface area contributed by atoms with Crippen molar-refractivity contribution >= 4 is 25.8 Å². The molecule has 1 aromatic carbocycles. The van der Waals surface area contributed by atoms with E-state index < -0.39 is 15.7 Å². The summed E-state index contributed by atoms with van der Waals surface area (Å²) in [7, 11) is -3.70. The predicted molar refractivity (Wildman–Crippen MR) is 69.2 cm³/mol. The van der Waals surface area contributed by atoms with Crippen LogP contribution < -0.4 is 0 Å². The summed E-state index contributed by atoms with van der Waals surface area (Å²) in [5, 5.41) is 0. The Labute approximate surface area is 113 Å². The summed E-state index contributed by atoms with van der Waals surface area (Å²) in [5.41, 5.74) is 0.507. The quantitative estimate of drug-likeness (QED) is 0.869. The summed E-state index contributed by atoms with van der Waals surface area (Å²) < 4.78 is 38.2. The lowest BCUT2D eigenvalue weighted by molar-refractivity contribution is 0.566. The highest BCUT2D eigenvalue weighted by molar-refractivity contribution is 9.10. The predicted octanol–water partition coefficient (Wildman–Crippen LogP) is 2.96. The van der Waals surface area contributed by atoms with Crippen LogP contribution in [0.4, 0.5) is 4.39 Å². The van der Waals surface area contributed by atoms with E-state index >= 15 is 0 Å². The van der Waals surface area contributed by atoms with Gasteiger partial charge >= 0.3 is 0 Å². The smallest absolute Gasteiger partial charge is 0.185 e. The monoisotopic (exact) mass is 329 g/mol. The Balaban J connectivity index is 2.37. The Kier molecular flexibility index (Phi) is 3.77. The summed E-state index contributed by atoms with van der Waals surface area (Å²) in [6, 6.07) is 6.98. The van der Waals surface area contributed by atoms with E-state index in [2.05, 4.69) is 20.9 Å². The van der Waals surface area contributed by atoms with E-state index in [-0.39, 0.29) is 10.6 Å². The first kappa shape index (κ1) is 13.2. The van der Waals surface area contributed by atoms with Gasteiger partial charge in [0.25, 0.3) is 0 Å². The van der Waals surface area contributed by atoms with Crippen molar-refractivity contribution in [1.82, 2.24) is 4.98 Å². The molecule has 1 aromatic heterocycles. The van der Waals surface area contributed by atoms with Crippen LogP contribution >= 0.6 is 15.9 Å². The summed E-state index contributed by atoms with van der Waals surface area (Å²) in [6.45, 7) is 0. The number of halogens is 2. The molecule has 1 heterocycles. The molecule has 0 saturated carbocycles. The number of sulfone groups is 1. The topological polar surface area (TPSA) is 47.0 Å². The molecule has 0 atom stereocenters. The molecule has 0 aliphatic rings. The molecule has 0 radical (unpaired) electrons. The van der Waals surface area contributed by atoms with Gasteiger partial charge in [-0.25, -0.2) is 12.8 Å². The minimum Gasteiger partial charge on any atom is -0.263 e. The van der Waals surface area contributed by atoms with Gasteiger partial charge in [0.1, 0.15) is 10.7 Å². The number of nitrogens with zero attached hydrogens (tertiary/aromatic N) is 1. The zero-order chi connectivity index (χ0) is 13.2. The molecule has 0 unspecified atom stereocenters. The van der Waals surface area contributed by atoms with Crippen LogP contribution in [0, 0.1) is 5.82 Å². The average Bonchev–Trinajstić information content (AvgIpc) is 2.28. The molecule has 3 nitrogen and oxygen atoms in total. The van der Waals surface area contributed by atoms with E-state index in [0.717, 1.165) is 6.07 Å². The standard InChI is InChI=1S/C12H9BrFNO2S/c13-10-5-9(6-15-7-10)8-18(16,17)12-4-2-1-3-11(12)14/h1-7H,8H2. The largest absolute Gasteiger partial charge is 0.263 e. The van der Waals surface area contributed by atoms with Gasteiger partial charge in [-0.15, -0.1) is 0 Å². The van der Waals surface area contributed by atoms with Crippen LogP contribution in [-0.2, 0) is 15.6 Å². The summed E-state index contributed by atoms with van der Waals surface area (Å²) in [4.78, 5) is 3.59. The minimum atomic E-state index is -3.70. The molecule has 94 valence electrons. The molecule has 6 heteroatoms. The lowest BCUT2D eigenvalue weighted by atomic mass is 10.3. The first-order valence-electron chi connectivity index (χ1n) is 5.06. The fraction of sp³-hybridized carbons (Fsp3) is 0.0833. The Morgan fingerprint density at radius 3 is 2.61 bits per heavy atom. The van der Waals surface area contributed by atoms with Crippen molar-refractivity contribution in [2.24, 2.45) is 0 Å². The van der Waals surface area contributed by atoms with Gasteiger partial charge in [0, 0.05) is 16.9 Å². The highest BCUT2D eigenvalue weighted by Gasteiger charge is 2.19. The molecule has 0 spiro atoms. The lowest BCUT2D eigenvalue weighted by Gasteiger charge is -2.05. The van der Waals surface area contributed by atoms with Gasteiger partial charge in [-0.05, 0) is 39.7 Å². The van der Waals surface area contributed by atoms with Gasteiger partial charge < -0.3 is 0 Å². The van der Waals surface area contributed by atoms with E-state index in [1.165, 1.54) is 24.4 Å². The van der Waals surface area contributed by atoms with E-state index in [4.69, 9.17) is 0 Å². The average molecular weight is 330 g/mol. The maximum absolute atomic E-state index is 13.5. The van der Waals surface area contributed by atoms with Crippen molar-refractivity contribution in [3.8, 4) is 0 Å². The van der Waals surface area contributed by atoms with Crippen LogP contribution in [0.25, 0.3) is 0 Å². The molecule has 0 N–H and O–H groups in total. The normalized spacial score (nSPS) is 11.4. The molecule has 0 fully saturated rings. The molecule has 2 rings (SSSR count). The Bertz CT molecular complexity index is 673. The van der Waals surface area contributed by atoms with Crippen LogP contribution in [0.2, 0.25) is 0 Å². The van der Waals surface area contributed by atoms with E-state index in [1.807, 2.05) is 0 Å². The van der Waals surface area contributed by atoms with Crippen molar-refractivity contribution in [2.75, 3.05) is 0 Å². The van der Waals surface area contributed by atoms with Crippen molar-refractivity contribution in [3.05, 3.63) is 58.6 Å². The molecule has 18 heavy (non-hydrogen) atoms. The van der Waals surface area contributed by atoms with E-state index in [1.54, 1.807) is 12.3 Å². The van der Waals surface area contributed by atoms with Crippen molar-refractivity contribution in [2.45, 2.75) is 10.6 Å². The molecular formula is C12H9BrFNO2S. The molecule has 0 aliphatic carbocycles. The zero-order valence-electron chi connectivity index (χ0n) is 9.18. The van der Waals surface area contributed by atoms with Gasteiger partial charge in [0.05, 0.1) is 5.75 Å². The highest BCUT2D eigenvalue weighted by atomic mass is 79.9. The number of benzene rings is 1. The molecule has 0 bridgehead atoms. The molecule has 0 amide bonds. The van der Waals surface area contributed by atoms with Crippen LogP contribution in [0.15, 0.2) is 52.1 Å². The second-order valence-electron chi connectivity index (χ2n) is 3.70. The van der Waals surface area contributed by atoms with Gasteiger partial charge in [0.15, 0.2) is 9.84 Å². The van der Waals surface area contributed by atoms with Crippen LogP contribution in [0.5, 0.6) is 0 Å². The van der Waals surface area contributed by atoms with E-state index in [0.29, 0.717) is 10.0 Å². The van der Waals surface area contributed by atoms with Crippen molar-refractivity contribution in [1.29, 1.82) is 0 Å². The second-order valence-corrected chi connectivity index (χ2v) is 6.57. The third-order valence-corrected chi connectivity index (χ3v) is 4.44. The maximum Gasteiger partial charge on any atom is 0.185 e. The minimum absolute atomic E-state index is 0.277. The van der Waals surface area contributed by atoms with E-state index in [9.17, 15) is 12.8 Å². The van der Waals surface area contributed by atoms with Crippen LogP contribution in [0.3, 0.4) is 0 Å². The first-order valence-corrected chi connectivity index (χ1v) is 7.50. The molecule has 0 aliphatic heterocycles. The number of rotatable bonds is 3. The highest BCUT2D eigenvalue weighted by Crippen LogP contribution is 2.20. The zero-order valence-corrected chi connectivity index (χ0v) is 11.6. The molecular weight excluding hydrogens is 321 g/mol. The fourth-order valence-electron chi connectivity index (χ4n) is 1.53. The number of hydrogen-bond donors (Lipinski definition) is 0. The van der Waals surface area contributed by atoms with Crippen LogP contribution in [0.1, 0.15) is 5.56 Å². The van der Waals surface area contributed by atoms with Gasteiger partial charge in [-0.1, -0.05) is 12.1 Å². The third kappa shape index (κ3) is 2.94. The Morgan fingerprint density at radius 2 is 1.94 bits per heavy atom. The summed E-state index contributed by atoms with van der Waals surface area (Å²) >= 11 is 3.21. The van der Waals surface area contributed by atoms with Gasteiger partial charge in [-0.3, -0.25) is 4.98 Å². The van der Waals surface area contributed by atoms with Crippen molar-refractivity contribution in [3.63, 3.8) is 0 Å².